The Morgan fingerprint density at radius 1 is 1.19 bits per heavy atom. The number of aromatic nitrogens is 1. The number of hydrogen-bond acceptors (Lipinski definition) is 6. The van der Waals surface area contributed by atoms with Crippen LogP contribution >= 0.6 is 11.3 Å². The van der Waals surface area contributed by atoms with Crippen molar-refractivity contribution >= 4 is 32.2 Å². The number of ether oxygens (including phenoxy) is 1. The molecule has 0 unspecified atom stereocenters. The summed E-state index contributed by atoms with van der Waals surface area (Å²) in [5.41, 5.74) is 2.50. The molecular formula is C19H16N2O4S2. The summed E-state index contributed by atoms with van der Waals surface area (Å²) < 4.78 is 28.7. The molecule has 0 aliphatic carbocycles. The molecule has 27 heavy (non-hydrogen) atoms. The van der Waals surface area contributed by atoms with Crippen molar-refractivity contribution < 1.29 is 17.9 Å². The van der Waals surface area contributed by atoms with Crippen LogP contribution in [0.5, 0.6) is 5.75 Å². The van der Waals surface area contributed by atoms with Crippen LogP contribution in [0.3, 0.4) is 0 Å². The first kappa shape index (κ1) is 17.7. The monoisotopic (exact) mass is 400 g/mol. The summed E-state index contributed by atoms with van der Waals surface area (Å²) in [6.07, 6.45) is 1.29. The average molecular weight is 400 g/mol. The smallest absolute Gasteiger partial charge is 0.230 e. The Hall–Kier alpha value is -2.71. The van der Waals surface area contributed by atoms with E-state index in [0.29, 0.717) is 11.7 Å². The Morgan fingerprint density at radius 2 is 1.93 bits per heavy atom. The van der Waals surface area contributed by atoms with E-state index in [4.69, 9.17) is 4.74 Å². The lowest BCUT2D eigenvalue weighted by Crippen LogP contribution is -2.14. The van der Waals surface area contributed by atoms with Crippen molar-refractivity contribution in [2.24, 2.45) is 0 Å². The first-order valence-electron chi connectivity index (χ1n) is 8.21. The molecule has 8 heteroatoms. The zero-order valence-electron chi connectivity index (χ0n) is 14.4. The SMILES string of the molecule is CS(=O)(=O)c1ccc(CC(=O)Nc2nc3c(s2)COc2ccccc2-3)cc1. The number of carbonyl (C=O) groups is 1. The van der Waals surface area contributed by atoms with Gasteiger partial charge in [0, 0.05) is 11.8 Å². The number of benzene rings is 2. The second-order valence-electron chi connectivity index (χ2n) is 6.22. The Labute approximate surface area is 160 Å². The fraction of sp³-hybridized carbons (Fsp3) is 0.158. The highest BCUT2D eigenvalue weighted by molar-refractivity contribution is 7.90. The third kappa shape index (κ3) is 3.72. The van der Waals surface area contributed by atoms with Crippen LogP contribution in [0, 0.1) is 0 Å². The number of sulfone groups is 1. The summed E-state index contributed by atoms with van der Waals surface area (Å²) in [6, 6.07) is 14.0. The Kier molecular flexibility index (Phi) is 4.45. The third-order valence-electron chi connectivity index (χ3n) is 4.16. The lowest BCUT2D eigenvalue weighted by Gasteiger charge is -2.15. The van der Waals surface area contributed by atoms with Gasteiger partial charge in [-0.3, -0.25) is 4.79 Å². The van der Waals surface area contributed by atoms with E-state index < -0.39 is 9.84 Å². The van der Waals surface area contributed by atoms with Crippen LogP contribution in [0.1, 0.15) is 10.4 Å². The van der Waals surface area contributed by atoms with Crippen LogP contribution < -0.4 is 10.1 Å². The Bertz CT molecular complexity index is 1120. The van der Waals surface area contributed by atoms with E-state index >= 15 is 0 Å². The number of thiazole rings is 1. The summed E-state index contributed by atoms with van der Waals surface area (Å²) in [5, 5.41) is 3.34. The highest BCUT2D eigenvalue weighted by Crippen LogP contribution is 2.40. The van der Waals surface area contributed by atoms with Gasteiger partial charge in [0.05, 0.1) is 21.9 Å². The van der Waals surface area contributed by atoms with Crippen LogP contribution in [0.2, 0.25) is 0 Å². The zero-order chi connectivity index (χ0) is 19.0. The highest BCUT2D eigenvalue weighted by atomic mass is 32.2. The van der Waals surface area contributed by atoms with Gasteiger partial charge in [-0.25, -0.2) is 13.4 Å². The molecule has 1 aliphatic heterocycles. The molecule has 0 saturated carbocycles. The lowest BCUT2D eigenvalue weighted by atomic mass is 10.1. The van der Waals surface area contributed by atoms with E-state index in [-0.39, 0.29) is 17.2 Å². The number of carbonyl (C=O) groups excluding carboxylic acids is 1. The second kappa shape index (κ2) is 6.79. The van der Waals surface area contributed by atoms with E-state index in [2.05, 4.69) is 10.3 Å². The molecule has 4 rings (SSSR count). The predicted molar refractivity (Wildman–Crippen MR) is 104 cm³/mol. The summed E-state index contributed by atoms with van der Waals surface area (Å²) in [4.78, 5) is 18.1. The van der Waals surface area contributed by atoms with Crippen molar-refractivity contribution in [2.75, 3.05) is 11.6 Å². The topological polar surface area (TPSA) is 85.4 Å². The molecule has 0 spiro atoms. The summed E-state index contributed by atoms with van der Waals surface area (Å²) in [6.45, 7) is 0.437. The fourth-order valence-corrected chi connectivity index (χ4v) is 4.38. The maximum atomic E-state index is 12.3. The second-order valence-corrected chi connectivity index (χ2v) is 9.32. The molecule has 1 N–H and O–H groups in total. The predicted octanol–water partition coefficient (Wildman–Crippen LogP) is 3.29. The van der Waals surface area contributed by atoms with Crippen molar-refractivity contribution in [3.05, 3.63) is 59.0 Å². The Balaban J connectivity index is 1.48. The normalized spacial score (nSPS) is 12.6. The molecular weight excluding hydrogens is 384 g/mol. The quantitative estimate of drug-likeness (QED) is 0.726. The molecule has 0 fully saturated rings. The van der Waals surface area contributed by atoms with Gasteiger partial charge in [-0.1, -0.05) is 35.6 Å². The van der Waals surface area contributed by atoms with E-state index in [1.165, 1.54) is 23.5 Å². The van der Waals surface area contributed by atoms with Gasteiger partial charge in [0.2, 0.25) is 5.91 Å². The number of amides is 1. The molecule has 138 valence electrons. The number of para-hydroxylation sites is 1. The molecule has 2 heterocycles. The van der Waals surface area contributed by atoms with Crippen molar-refractivity contribution in [3.63, 3.8) is 0 Å². The van der Waals surface area contributed by atoms with E-state index in [9.17, 15) is 13.2 Å². The van der Waals surface area contributed by atoms with E-state index in [0.717, 1.165) is 33.7 Å². The zero-order valence-corrected chi connectivity index (χ0v) is 16.1. The molecule has 2 aromatic carbocycles. The molecule has 1 aliphatic rings. The van der Waals surface area contributed by atoms with Crippen LogP contribution in [0.15, 0.2) is 53.4 Å². The summed E-state index contributed by atoms with van der Waals surface area (Å²) in [7, 11) is -3.24. The van der Waals surface area contributed by atoms with E-state index in [1.807, 2.05) is 24.3 Å². The lowest BCUT2D eigenvalue weighted by molar-refractivity contribution is -0.115. The van der Waals surface area contributed by atoms with Gasteiger partial charge in [0.25, 0.3) is 0 Å². The van der Waals surface area contributed by atoms with E-state index in [1.54, 1.807) is 12.1 Å². The number of fused-ring (bicyclic) bond motifs is 3. The van der Waals surface area contributed by atoms with Gasteiger partial charge < -0.3 is 10.1 Å². The van der Waals surface area contributed by atoms with Crippen LogP contribution in [-0.2, 0) is 27.7 Å². The van der Waals surface area contributed by atoms with Crippen LogP contribution in [0.4, 0.5) is 5.13 Å². The molecule has 0 radical (unpaired) electrons. The average Bonchev–Trinajstić information content (AvgIpc) is 3.04. The molecule has 1 aromatic heterocycles. The maximum Gasteiger partial charge on any atom is 0.230 e. The number of hydrogen-bond donors (Lipinski definition) is 1. The molecule has 3 aromatic rings. The van der Waals surface area contributed by atoms with Gasteiger partial charge in [-0.2, -0.15) is 0 Å². The summed E-state index contributed by atoms with van der Waals surface area (Å²) >= 11 is 1.40. The molecule has 0 atom stereocenters. The minimum atomic E-state index is -3.24. The first-order valence-corrected chi connectivity index (χ1v) is 10.9. The van der Waals surface area contributed by atoms with Gasteiger partial charge in [0.1, 0.15) is 12.4 Å². The largest absolute Gasteiger partial charge is 0.487 e. The first-order chi connectivity index (χ1) is 12.9. The van der Waals surface area contributed by atoms with Crippen molar-refractivity contribution in [3.8, 4) is 17.0 Å². The van der Waals surface area contributed by atoms with Gasteiger partial charge in [-0.15, -0.1) is 0 Å². The number of nitrogens with one attached hydrogen (secondary N) is 1. The minimum absolute atomic E-state index is 0.140. The number of rotatable bonds is 4. The Morgan fingerprint density at radius 3 is 2.67 bits per heavy atom. The standard InChI is InChI=1S/C19H16N2O4S2/c1-27(23,24)13-8-6-12(7-9-13)10-17(22)20-19-21-18-14-4-2-3-5-15(14)25-11-16(18)26-19/h2-9H,10-11H2,1H3,(H,20,21,22). The molecule has 6 nitrogen and oxygen atoms in total. The van der Waals surface area contributed by atoms with Gasteiger partial charge in [-0.05, 0) is 29.8 Å². The number of nitrogens with zero attached hydrogens (tertiary/aromatic N) is 1. The highest BCUT2D eigenvalue weighted by Gasteiger charge is 2.22. The van der Waals surface area contributed by atoms with Crippen molar-refractivity contribution in [1.29, 1.82) is 0 Å². The molecule has 0 saturated heterocycles. The fourth-order valence-electron chi connectivity index (χ4n) is 2.85. The van der Waals surface area contributed by atoms with Crippen LogP contribution in [0.25, 0.3) is 11.3 Å². The number of anilines is 1. The molecule has 0 bridgehead atoms. The van der Waals surface area contributed by atoms with Crippen molar-refractivity contribution in [1.82, 2.24) is 4.98 Å². The van der Waals surface area contributed by atoms with Gasteiger partial charge >= 0.3 is 0 Å². The maximum absolute atomic E-state index is 12.3. The summed E-state index contributed by atoms with van der Waals surface area (Å²) in [5.74, 6) is 0.585. The van der Waals surface area contributed by atoms with Crippen molar-refractivity contribution in [2.45, 2.75) is 17.9 Å². The molecule has 1 amide bonds. The van der Waals surface area contributed by atoms with Crippen LogP contribution in [-0.4, -0.2) is 25.6 Å². The van der Waals surface area contributed by atoms with Gasteiger partial charge in [0.15, 0.2) is 15.0 Å². The minimum Gasteiger partial charge on any atom is -0.487 e. The third-order valence-corrected chi connectivity index (χ3v) is 6.23.